The molecule has 0 aliphatic carbocycles. The van der Waals surface area contributed by atoms with Crippen molar-refractivity contribution in [3.05, 3.63) is 81.7 Å². The predicted octanol–water partition coefficient (Wildman–Crippen LogP) is 3.70. The lowest BCUT2D eigenvalue weighted by molar-refractivity contribution is 0.0843. The van der Waals surface area contributed by atoms with Crippen molar-refractivity contribution < 1.29 is 9.59 Å². The maximum atomic E-state index is 14.1. The summed E-state index contributed by atoms with van der Waals surface area (Å²) in [5, 5.41) is 16.3. The topological polar surface area (TPSA) is 152 Å². The zero-order valence-corrected chi connectivity index (χ0v) is 27.5. The Hall–Kier alpha value is -4.68. The number of carbonyl (C=O) groups excluding carboxylic acids is 2. The smallest absolute Gasteiger partial charge is 0.256 e. The Bertz CT molecular complexity index is 1890. The molecular weight excluding hydrogens is 604 g/mol. The Morgan fingerprint density at radius 2 is 1.56 bits per heavy atom. The van der Waals surface area contributed by atoms with E-state index in [1.807, 2.05) is 24.3 Å². The van der Waals surface area contributed by atoms with Gasteiger partial charge in [0.1, 0.15) is 11.6 Å². The van der Waals surface area contributed by atoms with Crippen LogP contribution in [-0.2, 0) is 32.4 Å². The molecule has 2 aromatic heterocycles. The monoisotopic (exact) mass is 648 g/mol. The van der Waals surface area contributed by atoms with Crippen LogP contribution in [0.4, 0.5) is 23.0 Å². The zero-order chi connectivity index (χ0) is 32.9. The number of hydrogen-bond donors (Lipinski definition) is 4. The third kappa shape index (κ3) is 5.23. The van der Waals surface area contributed by atoms with E-state index >= 15 is 0 Å². The van der Waals surface area contributed by atoms with Crippen LogP contribution in [0.1, 0.15) is 80.4 Å². The molecule has 2 aromatic carbocycles. The third-order valence-electron chi connectivity index (χ3n) is 10.9. The first-order valence-electron chi connectivity index (χ1n) is 17.3. The van der Waals surface area contributed by atoms with Crippen LogP contribution in [0, 0.1) is 0 Å². The second-order valence-electron chi connectivity index (χ2n) is 13.5. The highest BCUT2D eigenvalue weighted by Crippen LogP contribution is 2.38. The van der Waals surface area contributed by atoms with Crippen LogP contribution < -0.4 is 22.1 Å². The summed E-state index contributed by atoms with van der Waals surface area (Å²) < 4.78 is 3.06. The number of carbonyl (C=O) groups is 2. The molecule has 2 unspecified atom stereocenters. The Kier molecular flexibility index (Phi) is 7.92. The highest BCUT2D eigenvalue weighted by molar-refractivity contribution is 5.90. The lowest BCUT2D eigenvalue weighted by Crippen LogP contribution is -2.34. The molecule has 0 saturated heterocycles. The van der Waals surface area contributed by atoms with Crippen molar-refractivity contribution in [3.8, 4) is 0 Å². The molecule has 0 radical (unpaired) electrons. The summed E-state index contributed by atoms with van der Waals surface area (Å²) in [5.41, 5.74) is 22.0. The highest BCUT2D eigenvalue weighted by Gasteiger charge is 2.35. The van der Waals surface area contributed by atoms with E-state index in [-0.39, 0.29) is 23.7 Å². The van der Waals surface area contributed by atoms with Crippen molar-refractivity contribution in [3.63, 3.8) is 0 Å². The standard InChI is InChI=1S/C36H44N10O2/c1-2-43-18-14-28-31(21-43)45(42-33(28)37)35(47)26-11-16-40-32-22(6-5-8-24(26)32)12-17-44-19-13-27-30(20-44)41-46(34(27)38)36(48)25-10-15-39-29-9-4-3-7-23(25)29/h3-9,25-26,39-40H,2,10-21,38H2,1H3,(H2,37,42). The number of anilines is 4. The van der Waals surface area contributed by atoms with Gasteiger partial charge in [-0.15, -0.1) is 5.10 Å². The van der Waals surface area contributed by atoms with E-state index in [0.29, 0.717) is 37.6 Å². The van der Waals surface area contributed by atoms with Crippen molar-refractivity contribution in [1.82, 2.24) is 29.4 Å². The number of nitrogens with zero attached hydrogens (tertiary/aromatic N) is 6. The maximum Gasteiger partial charge on any atom is 0.256 e. The summed E-state index contributed by atoms with van der Waals surface area (Å²) in [6.45, 7) is 8.49. The predicted molar refractivity (Wildman–Crippen MR) is 186 cm³/mol. The molecule has 6 heterocycles. The van der Waals surface area contributed by atoms with Gasteiger partial charge in [-0.05, 0) is 61.4 Å². The fraction of sp³-hybridized carbons (Fsp3) is 0.444. The van der Waals surface area contributed by atoms with E-state index < -0.39 is 0 Å². The number of fused-ring (bicyclic) bond motifs is 4. The summed E-state index contributed by atoms with van der Waals surface area (Å²) in [5.74, 6) is 0.349. The highest BCUT2D eigenvalue weighted by atomic mass is 16.2. The molecule has 4 aliphatic heterocycles. The number of nitrogens with two attached hydrogens (primary N) is 2. The van der Waals surface area contributed by atoms with Crippen molar-refractivity contribution in [2.45, 2.75) is 64.0 Å². The van der Waals surface area contributed by atoms with E-state index in [9.17, 15) is 9.59 Å². The average molecular weight is 649 g/mol. The minimum atomic E-state index is -0.282. The lowest BCUT2D eigenvalue weighted by atomic mass is 9.87. The van der Waals surface area contributed by atoms with Gasteiger partial charge in [-0.3, -0.25) is 19.4 Å². The number of benzene rings is 2. The molecule has 0 saturated carbocycles. The van der Waals surface area contributed by atoms with Crippen LogP contribution in [0.25, 0.3) is 0 Å². The fourth-order valence-corrected chi connectivity index (χ4v) is 8.17. The van der Waals surface area contributed by atoms with Crippen LogP contribution in [0.2, 0.25) is 0 Å². The largest absolute Gasteiger partial charge is 0.385 e. The Balaban J connectivity index is 0.972. The maximum absolute atomic E-state index is 14.1. The third-order valence-corrected chi connectivity index (χ3v) is 10.9. The number of hydrogen-bond acceptors (Lipinski definition) is 10. The average Bonchev–Trinajstić information content (AvgIpc) is 3.64. The number of likely N-dealkylation sites (N-methyl/N-ethyl adjacent to an activating group) is 1. The first-order chi connectivity index (χ1) is 23.4. The molecule has 4 aromatic rings. The van der Waals surface area contributed by atoms with Gasteiger partial charge in [0.2, 0.25) is 0 Å². The summed E-state index contributed by atoms with van der Waals surface area (Å²) in [4.78, 5) is 32.5. The summed E-state index contributed by atoms with van der Waals surface area (Å²) >= 11 is 0. The molecule has 48 heavy (non-hydrogen) atoms. The van der Waals surface area contributed by atoms with Crippen LogP contribution in [0.15, 0.2) is 42.5 Å². The van der Waals surface area contributed by atoms with Crippen LogP contribution in [0.5, 0.6) is 0 Å². The molecular formula is C36H44N10O2. The van der Waals surface area contributed by atoms with Gasteiger partial charge in [-0.2, -0.15) is 9.78 Å². The van der Waals surface area contributed by atoms with Gasteiger partial charge in [-0.25, -0.2) is 4.68 Å². The van der Waals surface area contributed by atoms with Gasteiger partial charge in [0, 0.05) is 68.3 Å². The minimum absolute atomic E-state index is 0.0000584. The van der Waals surface area contributed by atoms with Gasteiger partial charge in [0.05, 0.1) is 23.2 Å². The van der Waals surface area contributed by atoms with E-state index in [4.69, 9.17) is 16.6 Å². The Morgan fingerprint density at radius 3 is 2.42 bits per heavy atom. The molecule has 2 atom stereocenters. The second-order valence-corrected chi connectivity index (χ2v) is 13.5. The first kappa shape index (κ1) is 30.6. The molecule has 6 N–H and O–H groups in total. The van der Waals surface area contributed by atoms with Gasteiger partial charge < -0.3 is 22.1 Å². The van der Waals surface area contributed by atoms with Crippen LogP contribution in [0.3, 0.4) is 0 Å². The summed E-state index contributed by atoms with van der Waals surface area (Å²) in [6, 6.07) is 14.3. The normalized spacial score (nSPS) is 20.5. The molecule has 0 fully saturated rings. The Labute approximate surface area is 280 Å². The van der Waals surface area contributed by atoms with E-state index in [1.54, 1.807) is 4.68 Å². The molecule has 12 nitrogen and oxygen atoms in total. The Morgan fingerprint density at radius 1 is 0.833 bits per heavy atom. The SMILES string of the molecule is CCN1CCc2c(N)nn(C(=O)C3CCNc4c(CCN5CCc6c(nn(C(=O)C7CCNc8ccccc87)c6N)C5)cccc43)c2C1. The van der Waals surface area contributed by atoms with Gasteiger partial charge >= 0.3 is 0 Å². The van der Waals surface area contributed by atoms with Crippen molar-refractivity contribution >= 4 is 34.8 Å². The van der Waals surface area contributed by atoms with Crippen molar-refractivity contribution in [2.24, 2.45) is 0 Å². The lowest BCUT2D eigenvalue weighted by Gasteiger charge is -2.30. The quantitative estimate of drug-likeness (QED) is 0.244. The number of aromatic nitrogens is 4. The van der Waals surface area contributed by atoms with Gasteiger partial charge in [0.25, 0.3) is 11.8 Å². The minimum Gasteiger partial charge on any atom is -0.385 e. The molecule has 250 valence electrons. The number of nitrogens with one attached hydrogen (secondary N) is 2. The van der Waals surface area contributed by atoms with E-state index in [2.05, 4.69) is 50.7 Å². The summed E-state index contributed by atoms with van der Waals surface area (Å²) in [7, 11) is 0. The zero-order valence-electron chi connectivity index (χ0n) is 27.5. The number of para-hydroxylation sites is 2. The fourth-order valence-electron chi connectivity index (χ4n) is 8.17. The number of nitrogen functional groups attached to an aromatic ring is 2. The van der Waals surface area contributed by atoms with Crippen LogP contribution in [-0.4, -0.2) is 80.4 Å². The van der Waals surface area contributed by atoms with E-state index in [1.165, 1.54) is 10.2 Å². The molecule has 8 rings (SSSR count). The van der Waals surface area contributed by atoms with Gasteiger partial charge in [-0.1, -0.05) is 43.3 Å². The molecule has 0 spiro atoms. The number of rotatable bonds is 6. The molecule has 0 amide bonds. The molecule has 12 heteroatoms. The first-order valence-corrected chi connectivity index (χ1v) is 17.3. The van der Waals surface area contributed by atoms with Crippen molar-refractivity contribution in [1.29, 1.82) is 0 Å². The second kappa shape index (κ2) is 12.4. The van der Waals surface area contributed by atoms with E-state index in [0.717, 1.165) is 104 Å². The molecule has 4 aliphatic rings. The molecule has 0 bridgehead atoms. The van der Waals surface area contributed by atoms with Crippen LogP contribution >= 0.6 is 0 Å². The van der Waals surface area contributed by atoms with Crippen molar-refractivity contribution in [2.75, 3.05) is 61.4 Å². The summed E-state index contributed by atoms with van der Waals surface area (Å²) in [6.07, 6.45) is 3.82. The van der Waals surface area contributed by atoms with Gasteiger partial charge in [0.15, 0.2) is 0 Å².